The number of amides is 2. The minimum atomic E-state index is -0.788. The lowest BCUT2D eigenvalue weighted by atomic mass is 9.94. The molecule has 1 aromatic rings. The topological polar surface area (TPSA) is 78.4 Å². The summed E-state index contributed by atoms with van der Waals surface area (Å²) in [5.41, 5.74) is -0.223. The van der Waals surface area contributed by atoms with Gasteiger partial charge in [0, 0.05) is 17.5 Å². The lowest BCUT2D eigenvalue weighted by Crippen LogP contribution is -2.45. The third-order valence-electron chi connectivity index (χ3n) is 3.84. The van der Waals surface area contributed by atoms with E-state index in [9.17, 15) is 14.7 Å². The molecule has 0 spiro atoms. The van der Waals surface area contributed by atoms with Gasteiger partial charge in [0.1, 0.15) is 0 Å². The fourth-order valence-corrected chi connectivity index (χ4v) is 3.18. The lowest BCUT2D eigenvalue weighted by molar-refractivity contribution is -0.121. The van der Waals surface area contributed by atoms with E-state index in [-0.39, 0.29) is 24.9 Å². The number of carbonyl (C=O) groups is 2. The van der Waals surface area contributed by atoms with Gasteiger partial charge in [-0.2, -0.15) is 11.3 Å². The maximum atomic E-state index is 11.8. The predicted molar refractivity (Wildman–Crippen MR) is 82.3 cm³/mol. The minimum Gasteiger partial charge on any atom is -0.388 e. The number of hydrogen-bond donors (Lipinski definition) is 3. The molecule has 116 valence electrons. The molecule has 1 fully saturated rings. The Bertz CT molecular complexity index is 465. The number of thiophene rings is 1. The Hall–Kier alpha value is -1.40. The minimum absolute atomic E-state index is 0.0647. The van der Waals surface area contributed by atoms with Crippen molar-refractivity contribution in [3.8, 4) is 0 Å². The van der Waals surface area contributed by atoms with Crippen LogP contribution in [0.2, 0.25) is 0 Å². The second-order valence-corrected chi connectivity index (χ2v) is 6.39. The van der Waals surface area contributed by atoms with Crippen molar-refractivity contribution in [1.29, 1.82) is 0 Å². The van der Waals surface area contributed by atoms with Gasteiger partial charge in [0.2, 0.25) is 5.91 Å². The number of nitrogens with one attached hydrogen (secondary N) is 2. The van der Waals surface area contributed by atoms with Crippen molar-refractivity contribution in [1.82, 2.24) is 10.6 Å². The van der Waals surface area contributed by atoms with E-state index in [0.717, 1.165) is 38.5 Å². The van der Waals surface area contributed by atoms with E-state index in [0.29, 0.717) is 5.56 Å². The van der Waals surface area contributed by atoms with E-state index in [1.807, 2.05) is 5.38 Å². The summed E-state index contributed by atoms with van der Waals surface area (Å²) in [6.07, 6.45) is 5.76. The summed E-state index contributed by atoms with van der Waals surface area (Å²) in [7, 11) is 0. The number of rotatable bonds is 5. The smallest absolute Gasteiger partial charge is 0.252 e. The van der Waals surface area contributed by atoms with Crippen LogP contribution in [-0.4, -0.2) is 35.6 Å². The average Bonchev–Trinajstić information content (AvgIpc) is 2.92. The molecule has 0 radical (unpaired) electrons. The Balaban J connectivity index is 1.70. The molecule has 1 saturated carbocycles. The van der Waals surface area contributed by atoms with Crippen molar-refractivity contribution in [2.24, 2.45) is 0 Å². The standard InChI is InChI=1S/C15H22N2O3S/c18-13(9-16-14(19)12-5-8-21-10-12)17-11-15(20)6-3-1-2-4-7-15/h5,8,10,20H,1-4,6-7,9,11H2,(H,16,19)(H,17,18). The molecular weight excluding hydrogens is 288 g/mol. The zero-order chi connectivity index (χ0) is 15.1. The van der Waals surface area contributed by atoms with E-state index in [2.05, 4.69) is 10.6 Å². The molecule has 2 rings (SSSR count). The maximum absolute atomic E-state index is 11.8. The highest BCUT2D eigenvalue weighted by molar-refractivity contribution is 7.08. The van der Waals surface area contributed by atoms with Gasteiger partial charge in [-0.15, -0.1) is 0 Å². The number of carbonyl (C=O) groups excluding carboxylic acids is 2. The Morgan fingerprint density at radius 3 is 2.52 bits per heavy atom. The molecule has 0 bridgehead atoms. The number of hydrogen-bond acceptors (Lipinski definition) is 4. The Morgan fingerprint density at radius 2 is 1.90 bits per heavy atom. The third-order valence-corrected chi connectivity index (χ3v) is 4.52. The van der Waals surface area contributed by atoms with Crippen LogP contribution >= 0.6 is 11.3 Å². The molecule has 0 aliphatic heterocycles. The van der Waals surface area contributed by atoms with Crippen molar-refractivity contribution in [3.05, 3.63) is 22.4 Å². The van der Waals surface area contributed by atoms with Crippen molar-refractivity contribution >= 4 is 23.2 Å². The van der Waals surface area contributed by atoms with Gasteiger partial charge in [-0.1, -0.05) is 25.7 Å². The molecule has 1 heterocycles. The highest BCUT2D eigenvalue weighted by atomic mass is 32.1. The maximum Gasteiger partial charge on any atom is 0.252 e. The van der Waals surface area contributed by atoms with Crippen LogP contribution in [0.3, 0.4) is 0 Å². The van der Waals surface area contributed by atoms with Gasteiger partial charge < -0.3 is 15.7 Å². The van der Waals surface area contributed by atoms with Gasteiger partial charge in [0.25, 0.3) is 5.91 Å². The molecule has 1 aromatic heterocycles. The van der Waals surface area contributed by atoms with Crippen LogP contribution < -0.4 is 10.6 Å². The normalized spacial score (nSPS) is 17.8. The van der Waals surface area contributed by atoms with E-state index in [1.165, 1.54) is 11.3 Å². The zero-order valence-corrected chi connectivity index (χ0v) is 12.9. The Morgan fingerprint density at radius 1 is 1.19 bits per heavy atom. The average molecular weight is 310 g/mol. The van der Waals surface area contributed by atoms with Crippen molar-refractivity contribution in [3.63, 3.8) is 0 Å². The van der Waals surface area contributed by atoms with Gasteiger partial charge in [-0.3, -0.25) is 9.59 Å². The molecule has 1 aliphatic carbocycles. The van der Waals surface area contributed by atoms with Crippen LogP contribution in [0.1, 0.15) is 48.9 Å². The summed E-state index contributed by atoms with van der Waals surface area (Å²) in [5, 5.41) is 19.3. The van der Waals surface area contributed by atoms with Crippen LogP contribution in [0.15, 0.2) is 16.8 Å². The molecule has 21 heavy (non-hydrogen) atoms. The third kappa shape index (κ3) is 5.13. The predicted octanol–water partition coefficient (Wildman–Crippen LogP) is 1.68. The van der Waals surface area contributed by atoms with Crippen LogP contribution in [0.4, 0.5) is 0 Å². The first-order valence-electron chi connectivity index (χ1n) is 7.39. The van der Waals surface area contributed by atoms with Crippen molar-refractivity contribution in [2.45, 2.75) is 44.1 Å². The molecule has 5 nitrogen and oxygen atoms in total. The van der Waals surface area contributed by atoms with Gasteiger partial charge in [0.05, 0.1) is 12.1 Å². The summed E-state index contributed by atoms with van der Waals surface area (Å²) >= 11 is 1.44. The molecule has 6 heteroatoms. The quantitative estimate of drug-likeness (QED) is 0.724. The van der Waals surface area contributed by atoms with E-state index in [1.54, 1.807) is 11.4 Å². The molecule has 3 N–H and O–H groups in total. The van der Waals surface area contributed by atoms with Gasteiger partial charge >= 0.3 is 0 Å². The molecular formula is C15H22N2O3S. The summed E-state index contributed by atoms with van der Waals surface area (Å²) in [6, 6.07) is 1.71. The van der Waals surface area contributed by atoms with Crippen LogP contribution in [0, 0.1) is 0 Å². The first-order valence-corrected chi connectivity index (χ1v) is 8.33. The summed E-state index contributed by atoms with van der Waals surface area (Å²) in [4.78, 5) is 23.4. The summed E-state index contributed by atoms with van der Waals surface area (Å²) in [5.74, 6) is -0.518. The monoisotopic (exact) mass is 310 g/mol. The second-order valence-electron chi connectivity index (χ2n) is 5.61. The van der Waals surface area contributed by atoms with Crippen LogP contribution in [0.5, 0.6) is 0 Å². The Labute approximate surface area is 128 Å². The molecule has 0 saturated heterocycles. The van der Waals surface area contributed by atoms with Crippen molar-refractivity contribution in [2.75, 3.05) is 13.1 Å². The fourth-order valence-electron chi connectivity index (χ4n) is 2.55. The van der Waals surface area contributed by atoms with E-state index in [4.69, 9.17) is 0 Å². The highest BCUT2D eigenvalue weighted by Gasteiger charge is 2.28. The van der Waals surface area contributed by atoms with Crippen LogP contribution in [0.25, 0.3) is 0 Å². The second kappa shape index (κ2) is 7.56. The molecule has 1 aliphatic rings. The van der Waals surface area contributed by atoms with Gasteiger partial charge in [-0.05, 0) is 24.3 Å². The first kappa shape index (κ1) is 16.0. The van der Waals surface area contributed by atoms with Gasteiger partial charge in [-0.25, -0.2) is 0 Å². The largest absolute Gasteiger partial charge is 0.388 e. The Kier molecular flexibility index (Phi) is 5.76. The first-order chi connectivity index (χ1) is 10.1. The summed E-state index contributed by atoms with van der Waals surface area (Å²) < 4.78 is 0. The zero-order valence-electron chi connectivity index (χ0n) is 12.1. The van der Waals surface area contributed by atoms with Crippen molar-refractivity contribution < 1.29 is 14.7 Å². The SMILES string of the molecule is O=C(CNC(=O)c1ccsc1)NCC1(O)CCCCCC1. The molecule has 0 aromatic carbocycles. The molecule has 2 amide bonds. The fraction of sp³-hybridized carbons (Fsp3) is 0.600. The molecule has 0 atom stereocenters. The van der Waals surface area contributed by atoms with E-state index >= 15 is 0 Å². The summed E-state index contributed by atoms with van der Waals surface area (Å²) in [6.45, 7) is 0.199. The van der Waals surface area contributed by atoms with Crippen LogP contribution in [-0.2, 0) is 4.79 Å². The molecule has 0 unspecified atom stereocenters. The highest BCUT2D eigenvalue weighted by Crippen LogP contribution is 2.26. The number of aliphatic hydroxyl groups is 1. The lowest BCUT2D eigenvalue weighted by Gasteiger charge is -2.26. The van der Waals surface area contributed by atoms with E-state index < -0.39 is 5.60 Å². The van der Waals surface area contributed by atoms with Gasteiger partial charge in [0.15, 0.2) is 0 Å².